The topological polar surface area (TPSA) is 45.2 Å². The molecule has 0 spiro atoms. The lowest BCUT2D eigenvalue weighted by molar-refractivity contribution is -0.131. The van der Waals surface area contributed by atoms with Crippen molar-refractivity contribution >= 4 is 5.91 Å². The van der Waals surface area contributed by atoms with Crippen LogP contribution in [0.5, 0.6) is 0 Å². The molecule has 1 aliphatic rings. The van der Waals surface area contributed by atoms with Gasteiger partial charge in [0.2, 0.25) is 5.91 Å². The summed E-state index contributed by atoms with van der Waals surface area (Å²) in [7, 11) is 0. The van der Waals surface area contributed by atoms with Crippen molar-refractivity contribution in [3.8, 4) is 0 Å². The number of amides is 1. The molecule has 1 heterocycles. The van der Waals surface area contributed by atoms with Gasteiger partial charge in [0.1, 0.15) is 0 Å². The number of nitrogens with zero attached hydrogens (tertiary/aromatic N) is 2. The molecule has 0 unspecified atom stereocenters. The van der Waals surface area contributed by atoms with E-state index in [1.54, 1.807) is 6.20 Å². The van der Waals surface area contributed by atoms with Gasteiger partial charge in [-0.05, 0) is 45.2 Å². The first-order chi connectivity index (χ1) is 8.96. The first-order valence-electron chi connectivity index (χ1n) is 6.89. The summed E-state index contributed by atoms with van der Waals surface area (Å²) < 4.78 is 0. The maximum Gasteiger partial charge on any atom is 0.237 e. The van der Waals surface area contributed by atoms with Gasteiger partial charge in [-0.15, -0.1) is 0 Å². The van der Waals surface area contributed by atoms with E-state index in [0.29, 0.717) is 19.1 Å². The number of hydrogen-bond donors (Lipinski definition) is 1. The van der Waals surface area contributed by atoms with Crippen LogP contribution in [0.25, 0.3) is 0 Å². The van der Waals surface area contributed by atoms with Gasteiger partial charge in [0.25, 0.3) is 0 Å². The molecule has 1 fully saturated rings. The molecule has 104 valence electrons. The zero-order valence-corrected chi connectivity index (χ0v) is 12.0. The minimum absolute atomic E-state index is 0.0286. The molecule has 0 bridgehead atoms. The highest BCUT2D eigenvalue weighted by atomic mass is 16.2. The highest BCUT2D eigenvalue weighted by Crippen LogP contribution is 2.28. The molecule has 1 saturated carbocycles. The first kappa shape index (κ1) is 14.0. The standard InChI is InChI=1S/C15H23N3O/c1-15(2,3)17-10-14(19)18(13-6-7-13)11-12-5-4-8-16-9-12/h4-5,8-9,13,17H,6-7,10-11H2,1-3H3. The van der Waals surface area contributed by atoms with E-state index in [9.17, 15) is 4.79 Å². The largest absolute Gasteiger partial charge is 0.334 e. The average molecular weight is 261 g/mol. The quantitative estimate of drug-likeness (QED) is 0.881. The molecule has 0 aromatic carbocycles. The molecule has 0 atom stereocenters. The Morgan fingerprint density at radius 1 is 1.47 bits per heavy atom. The minimum atomic E-state index is -0.0286. The Morgan fingerprint density at radius 2 is 2.21 bits per heavy atom. The van der Waals surface area contributed by atoms with Crippen molar-refractivity contribution in [3.05, 3.63) is 30.1 Å². The molecule has 2 rings (SSSR count). The van der Waals surface area contributed by atoms with E-state index in [0.717, 1.165) is 18.4 Å². The van der Waals surface area contributed by atoms with Crippen molar-refractivity contribution in [2.24, 2.45) is 0 Å². The number of pyridine rings is 1. The van der Waals surface area contributed by atoms with Crippen LogP contribution < -0.4 is 5.32 Å². The third-order valence-electron chi connectivity index (χ3n) is 3.15. The van der Waals surface area contributed by atoms with Crippen LogP contribution >= 0.6 is 0 Å². The Morgan fingerprint density at radius 3 is 2.74 bits per heavy atom. The predicted octanol–water partition coefficient (Wildman–Crippen LogP) is 1.96. The molecule has 0 aliphatic heterocycles. The highest BCUT2D eigenvalue weighted by Gasteiger charge is 2.32. The van der Waals surface area contributed by atoms with Crippen LogP contribution in [0, 0.1) is 0 Å². The predicted molar refractivity (Wildman–Crippen MR) is 75.6 cm³/mol. The van der Waals surface area contributed by atoms with Gasteiger partial charge in [0, 0.05) is 30.5 Å². The molecule has 1 aliphatic carbocycles. The van der Waals surface area contributed by atoms with Crippen LogP contribution in [0.15, 0.2) is 24.5 Å². The summed E-state index contributed by atoms with van der Waals surface area (Å²) in [6.07, 6.45) is 5.84. The van der Waals surface area contributed by atoms with E-state index in [4.69, 9.17) is 0 Å². The van der Waals surface area contributed by atoms with Crippen LogP contribution in [0.4, 0.5) is 0 Å². The highest BCUT2D eigenvalue weighted by molar-refractivity contribution is 5.79. The normalized spacial score (nSPS) is 15.3. The van der Waals surface area contributed by atoms with Crippen LogP contribution in [0.3, 0.4) is 0 Å². The number of carbonyl (C=O) groups excluding carboxylic acids is 1. The lowest BCUT2D eigenvalue weighted by Gasteiger charge is -2.26. The lowest BCUT2D eigenvalue weighted by Crippen LogP contribution is -2.45. The zero-order valence-electron chi connectivity index (χ0n) is 12.0. The maximum absolute atomic E-state index is 12.3. The van der Waals surface area contributed by atoms with Gasteiger partial charge in [-0.1, -0.05) is 6.07 Å². The monoisotopic (exact) mass is 261 g/mol. The minimum Gasteiger partial charge on any atom is -0.334 e. The Bertz CT molecular complexity index is 421. The van der Waals surface area contributed by atoms with Crippen LogP contribution in [0.1, 0.15) is 39.2 Å². The van der Waals surface area contributed by atoms with E-state index in [1.165, 1.54) is 0 Å². The third-order valence-corrected chi connectivity index (χ3v) is 3.15. The van der Waals surface area contributed by atoms with Gasteiger partial charge in [-0.2, -0.15) is 0 Å². The Kier molecular flexibility index (Phi) is 4.20. The fourth-order valence-electron chi connectivity index (χ4n) is 1.94. The van der Waals surface area contributed by atoms with Crippen molar-refractivity contribution in [1.29, 1.82) is 0 Å². The molecule has 4 heteroatoms. The van der Waals surface area contributed by atoms with Crippen molar-refractivity contribution in [3.63, 3.8) is 0 Å². The van der Waals surface area contributed by atoms with E-state index in [1.807, 2.05) is 23.2 Å². The van der Waals surface area contributed by atoms with Gasteiger partial charge in [0.05, 0.1) is 6.54 Å². The second kappa shape index (κ2) is 5.70. The van der Waals surface area contributed by atoms with Crippen LogP contribution in [-0.4, -0.2) is 33.9 Å². The Labute approximate surface area is 115 Å². The summed E-state index contributed by atoms with van der Waals surface area (Å²) in [5.41, 5.74) is 1.07. The van der Waals surface area contributed by atoms with Gasteiger partial charge in [0.15, 0.2) is 0 Å². The summed E-state index contributed by atoms with van der Waals surface area (Å²) >= 11 is 0. The van der Waals surface area contributed by atoms with Crippen molar-refractivity contribution in [2.45, 2.75) is 51.7 Å². The molecule has 1 amide bonds. The SMILES string of the molecule is CC(C)(C)NCC(=O)N(Cc1cccnc1)C1CC1. The molecule has 0 radical (unpaired) electrons. The molecule has 0 saturated heterocycles. The van der Waals surface area contributed by atoms with Gasteiger partial charge < -0.3 is 10.2 Å². The lowest BCUT2D eigenvalue weighted by atomic mass is 10.1. The van der Waals surface area contributed by atoms with Crippen molar-refractivity contribution < 1.29 is 4.79 Å². The second-order valence-corrected chi connectivity index (χ2v) is 6.22. The Balaban J connectivity index is 1.94. The van der Waals surface area contributed by atoms with Gasteiger partial charge in [-0.25, -0.2) is 0 Å². The molecular weight excluding hydrogens is 238 g/mol. The number of rotatable bonds is 5. The van der Waals surface area contributed by atoms with Gasteiger partial charge >= 0.3 is 0 Å². The van der Waals surface area contributed by atoms with Crippen LogP contribution in [-0.2, 0) is 11.3 Å². The summed E-state index contributed by atoms with van der Waals surface area (Å²) in [4.78, 5) is 18.4. The summed E-state index contributed by atoms with van der Waals surface area (Å²) in [6.45, 7) is 7.29. The number of carbonyl (C=O) groups is 1. The molecule has 19 heavy (non-hydrogen) atoms. The van der Waals surface area contributed by atoms with E-state index < -0.39 is 0 Å². The number of nitrogens with one attached hydrogen (secondary N) is 1. The smallest absolute Gasteiger partial charge is 0.237 e. The van der Waals surface area contributed by atoms with E-state index >= 15 is 0 Å². The average Bonchev–Trinajstić information content (AvgIpc) is 3.18. The molecule has 1 aromatic heterocycles. The number of aromatic nitrogens is 1. The van der Waals surface area contributed by atoms with E-state index in [2.05, 4.69) is 31.1 Å². The molecule has 4 nitrogen and oxygen atoms in total. The Hall–Kier alpha value is -1.42. The van der Waals surface area contributed by atoms with Crippen molar-refractivity contribution in [2.75, 3.05) is 6.54 Å². The summed E-state index contributed by atoms with van der Waals surface area (Å²) in [6, 6.07) is 4.36. The second-order valence-electron chi connectivity index (χ2n) is 6.22. The molecule has 1 N–H and O–H groups in total. The molecule has 1 aromatic rings. The zero-order chi connectivity index (χ0) is 13.9. The van der Waals surface area contributed by atoms with Crippen LogP contribution in [0.2, 0.25) is 0 Å². The number of hydrogen-bond acceptors (Lipinski definition) is 3. The molecular formula is C15H23N3O. The maximum atomic E-state index is 12.3. The first-order valence-corrected chi connectivity index (χ1v) is 6.89. The fraction of sp³-hybridized carbons (Fsp3) is 0.600. The van der Waals surface area contributed by atoms with Gasteiger partial charge in [-0.3, -0.25) is 9.78 Å². The fourth-order valence-corrected chi connectivity index (χ4v) is 1.94. The summed E-state index contributed by atoms with van der Waals surface area (Å²) in [5.74, 6) is 0.182. The third kappa shape index (κ3) is 4.63. The summed E-state index contributed by atoms with van der Waals surface area (Å²) in [5, 5.41) is 3.26. The van der Waals surface area contributed by atoms with Crippen molar-refractivity contribution in [1.82, 2.24) is 15.2 Å². The van der Waals surface area contributed by atoms with E-state index in [-0.39, 0.29) is 11.4 Å².